The van der Waals surface area contributed by atoms with E-state index < -0.39 is 0 Å². The molecule has 0 aliphatic carbocycles. The third-order valence-corrected chi connectivity index (χ3v) is 4.32. The van der Waals surface area contributed by atoms with Crippen LogP contribution >= 0.6 is 15.9 Å². The Labute approximate surface area is 136 Å². The number of rotatable bonds is 6. The number of halogens is 1. The summed E-state index contributed by atoms with van der Waals surface area (Å²) in [6, 6.07) is 17.5. The minimum absolute atomic E-state index is 0.331. The molecule has 0 fully saturated rings. The average Bonchev–Trinajstić information content (AvgIpc) is 2.52. The molecule has 2 rings (SSSR count). The molecule has 2 aromatic carbocycles. The van der Waals surface area contributed by atoms with Gasteiger partial charge >= 0.3 is 0 Å². The van der Waals surface area contributed by atoms with E-state index in [4.69, 9.17) is 0 Å². The van der Waals surface area contributed by atoms with Crippen LogP contribution in [0.4, 0.5) is 5.69 Å². The maximum Gasteiger partial charge on any atom is 0.0429 e. The lowest BCUT2D eigenvalue weighted by Crippen LogP contribution is -2.25. The van der Waals surface area contributed by atoms with E-state index in [1.807, 2.05) is 7.05 Å². The maximum atomic E-state index is 3.60. The summed E-state index contributed by atoms with van der Waals surface area (Å²) >= 11 is 3.60. The first-order valence-corrected chi connectivity index (χ1v) is 8.20. The Hall–Kier alpha value is -1.32. The van der Waals surface area contributed by atoms with Gasteiger partial charge in [-0.15, -0.1) is 0 Å². The van der Waals surface area contributed by atoms with Gasteiger partial charge in [-0.2, -0.15) is 0 Å². The maximum absolute atomic E-state index is 3.60. The number of nitrogens with one attached hydrogen (secondary N) is 1. The molecule has 3 heteroatoms. The summed E-state index contributed by atoms with van der Waals surface area (Å²) in [4.78, 5) is 2.42. The fraction of sp³-hybridized carbons (Fsp3) is 0.333. The topological polar surface area (TPSA) is 15.3 Å². The van der Waals surface area contributed by atoms with Crippen LogP contribution in [0.15, 0.2) is 53.0 Å². The predicted molar refractivity (Wildman–Crippen MR) is 94.8 cm³/mol. The quantitative estimate of drug-likeness (QED) is 0.811. The summed E-state index contributed by atoms with van der Waals surface area (Å²) < 4.78 is 1.12. The van der Waals surface area contributed by atoms with Crippen molar-refractivity contribution in [1.82, 2.24) is 5.32 Å². The van der Waals surface area contributed by atoms with Crippen LogP contribution in [-0.2, 0) is 6.54 Å². The van der Waals surface area contributed by atoms with Crippen LogP contribution in [0.1, 0.15) is 31.0 Å². The molecule has 0 radical (unpaired) electrons. The van der Waals surface area contributed by atoms with Crippen molar-refractivity contribution in [2.75, 3.05) is 18.5 Å². The lowest BCUT2D eigenvalue weighted by atomic mass is 10.0. The highest BCUT2D eigenvalue weighted by Crippen LogP contribution is 2.30. The van der Waals surface area contributed by atoms with Gasteiger partial charge in [0.1, 0.15) is 0 Å². The lowest BCUT2D eigenvalue weighted by molar-refractivity contribution is 0.647. The second kappa shape index (κ2) is 7.62. The monoisotopic (exact) mass is 346 g/mol. The summed E-state index contributed by atoms with van der Waals surface area (Å²) in [6.07, 6.45) is 0. The molecule has 0 amide bonds. The summed E-state index contributed by atoms with van der Waals surface area (Å²) in [7, 11) is 2.00. The Morgan fingerprint density at radius 1 is 1.14 bits per heavy atom. The Morgan fingerprint density at radius 3 is 2.48 bits per heavy atom. The van der Waals surface area contributed by atoms with Crippen molar-refractivity contribution in [3.05, 3.63) is 64.1 Å². The Kier molecular flexibility index (Phi) is 5.83. The molecule has 0 saturated heterocycles. The summed E-state index contributed by atoms with van der Waals surface area (Å²) in [5.74, 6) is 0. The fourth-order valence-corrected chi connectivity index (χ4v) is 2.83. The van der Waals surface area contributed by atoms with Crippen LogP contribution < -0.4 is 10.2 Å². The van der Waals surface area contributed by atoms with E-state index in [0.717, 1.165) is 17.6 Å². The second-order valence-electron chi connectivity index (χ2n) is 5.21. The summed E-state index contributed by atoms with van der Waals surface area (Å²) in [6.45, 7) is 6.31. The van der Waals surface area contributed by atoms with Gasteiger partial charge in [-0.05, 0) is 44.2 Å². The molecule has 1 atom stereocenters. The van der Waals surface area contributed by atoms with Crippen molar-refractivity contribution in [3.63, 3.8) is 0 Å². The van der Waals surface area contributed by atoms with Gasteiger partial charge in [0, 0.05) is 29.3 Å². The molecule has 2 aromatic rings. The number of hydrogen-bond donors (Lipinski definition) is 1. The van der Waals surface area contributed by atoms with E-state index in [2.05, 4.69) is 88.5 Å². The summed E-state index contributed by atoms with van der Waals surface area (Å²) in [5, 5.41) is 3.34. The zero-order valence-corrected chi connectivity index (χ0v) is 14.5. The number of nitrogens with zero attached hydrogens (tertiary/aromatic N) is 1. The molecule has 0 spiro atoms. The van der Waals surface area contributed by atoms with E-state index in [-0.39, 0.29) is 0 Å². The van der Waals surface area contributed by atoms with E-state index in [9.17, 15) is 0 Å². The van der Waals surface area contributed by atoms with Gasteiger partial charge in [-0.3, -0.25) is 0 Å². The third kappa shape index (κ3) is 4.08. The van der Waals surface area contributed by atoms with Crippen molar-refractivity contribution in [2.45, 2.75) is 26.4 Å². The highest BCUT2D eigenvalue weighted by molar-refractivity contribution is 9.10. The van der Waals surface area contributed by atoms with Crippen LogP contribution in [0.3, 0.4) is 0 Å². The van der Waals surface area contributed by atoms with Crippen LogP contribution in [0, 0.1) is 0 Å². The van der Waals surface area contributed by atoms with Gasteiger partial charge in [0.25, 0.3) is 0 Å². The molecule has 0 heterocycles. The normalized spacial score (nSPS) is 12.2. The standard InChI is InChI=1S/C18H23BrN2/c1-4-21(13-15-8-6-5-7-9-15)18-12-16(19)10-11-17(18)14(2)20-3/h5-12,14,20H,4,13H2,1-3H3. The van der Waals surface area contributed by atoms with Crippen LogP contribution in [-0.4, -0.2) is 13.6 Å². The van der Waals surface area contributed by atoms with E-state index in [1.165, 1.54) is 16.8 Å². The minimum Gasteiger partial charge on any atom is -0.367 e. The summed E-state index contributed by atoms with van der Waals surface area (Å²) in [5.41, 5.74) is 3.96. The number of benzene rings is 2. The molecular formula is C18H23BrN2. The van der Waals surface area contributed by atoms with Gasteiger partial charge in [-0.1, -0.05) is 52.3 Å². The fourth-order valence-electron chi connectivity index (χ4n) is 2.48. The van der Waals surface area contributed by atoms with Crippen molar-refractivity contribution in [1.29, 1.82) is 0 Å². The first kappa shape index (κ1) is 16.1. The predicted octanol–water partition coefficient (Wildman–Crippen LogP) is 4.76. The van der Waals surface area contributed by atoms with Crippen molar-refractivity contribution >= 4 is 21.6 Å². The van der Waals surface area contributed by atoms with Gasteiger partial charge in [0.15, 0.2) is 0 Å². The van der Waals surface area contributed by atoms with Gasteiger partial charge in [0.2, 0.25) is 0 Å². The first-order valence-electron chi connectivity index (χ1n) is 7.41. The molecule has 2 nitrogen and oxygen atoms in total. The van der Waals surface area contributed by atoms with Crippen molar-refractivity contribution < 1.29 is 0 Å². The van der Waals surface area contributed by atoms with Gasteiger partial charge < -0.3 is 10.2 Å². The minimum atomic E-state index is 0.331. The third-order valence-electron chi connectivity index (χ3n) is 3.83. The molecule has 0 aromatic heterocycles. The molecule has 21 heavy (non-hydrogen) atoms. The zero-order valence-electron chi connectivity index (χ0n) is 12.9. The largest absolute Gasteiger partial charge is 0.367 e. The van der Waals surface area contributed by atoms with E-state index in [1.54, 1.807) is 0 Å². The molecule has 0 aliphatic rings. The highest BCUT2D eigenvalue weighted by Gasteiger charge is 2.14. The molecular weight excluding hydrogens is 324 g/mol. The van der Waals surface area contributed by atoms with Crippen LogP contribution in [0.5, 0.6) is 0 Å². The smallest absolute Gasteiger partial charge is 0.0429 e. The molecule has 0 saturated carbocycles. The zero-order chi connectivity index (χ0) is 15.2. The van der Waals surface area contributed by atoms with Gasteiger partial charge in [0.05, 0.1) is 0 Å². The molecule has 0 aliphatic heterocycles. The second-order valence-corrected chi connectivity index (χ2v) is 6.13. The Morgan fingerprint density at radius 2 is 1.86 bits per heavy atom. The molecule has 1 N–H and O–H groups in total. The molecule has 1 unspecified atom stereocenters. The molecule has 0 bridgehead atoms. The van der Waals surface area contributed by atoms with Crippen molar-refractivity contribution in [2.24, 2.45) is 0 Å². The molecule has 112 valence electrons. The van der Waals surface area contributed by atoms with Crippen LogP contribution in [0.25, 0.3) is 0 Å². The SMILES string of the molecule is CCN(Cc1ccccc1)c1cc(Br)ccc1C(C)NC. The number of hydrogen-bond acceptors (Lipinski definition) is 2. The average molecular weight is 347 g/mol. The van der Waals surface area contributed by atoms with Crippen LogP contribution in [0.2, 0.25) is 0 Å². The highest BCUT2D eigenvalue weighted by atomic mass is 79.9. The Balaban J connectivity index is 2.34. The Bertz CT molecular complexity index is 569. The first-order chi connectivity index (χ1) is 10.2. The van der Waals surface area contributed by atoms with E-state index in [0.29, 0.717) is 6.04 Å². The van der Waals surface area contributed by atoms with Crippen molar-refractivity contribution in [3.8, 4) is 0 Å². The lowest BCUT2D eigenvalue weighted by Gasteiger charge is -2.28. The number of anilines is 1. The van der Waals surface area contributed by atoms with Gasteiger partial charge in [-0.25, -0.2) is 0 Å². The van der Waals surface area contributed by atoms with E-state index >= 15 is 0 Å².